The van der Waals surface area contributed by atoms with Gasteiger partial charge in [0, 0.05) is 33.0 Å². The van der Waals surface area contributed by atoms with Gasteiger partial charge in [0.05, 0.1) is 22.7 Å². The van der Waals surface area contributed by atoms with Crippen molar-refractivity contribution in [2.75, 3.05) is 52.3 Å². The minimum atomic E-state index is -1.85. The van der Waals surface area contributed by atoms with Crippen LogP contribution in [-0.4, -0.2) is 89.4 Å². The monoisotopic (exact) mass is 615 g/mol. The number of carbonyl (C=O) groups is 1. The Kier molecular flexibility index (Phi) is 11.8. The van der Waals surface area contributed by atoms with Crippen LogP contribution in [0, 0.1) is 5.41 Å². The highest BCUT2D eigenvalue weighted by Crippen LogP contribution is 2.56. The number of methoxy groups -OCH3 is 2. The zero-order valence-electron chi connectivity index (χ0n) is 25.8. The fourth-order valence-corrected chi connectivity index (χ4v) is 6.93. The highest BCUT2D eigenvalue weighted by Gasteiger charge is 2.54. The van der Waals surface area contributed by atoms with Crippen LogP contribution in [0.15, 0.2) is 18.2 Å². The molecule has 1 heterocycles. The number of likely N-dealkylation sites (tertiary alicyclic amines) is 1. The number of nitrogens with zero attached hydrogens (tertiary/aromatic N) is 2. The molecular formula is C30H51Cl2N3O4Si. The Hall–Kier alpha value is -0.873. The van der Waals surface area contributed by atoms with Gasteiger partial charge in [-0.15, -0.1) is 0 Å². The summed E-state index contributed by atoms with van der Waals surface area (Å²) in [5, 5.41) is 4.48. The average Bonchev–Trinajstić information content (AvgIpc) is 3.68. The summed E-state index contributed by atoms with van der Waals surface area (Å²) < 4.78 is 17.9. The van der Waals surface area contributed by atoms with Crippen LogP contribution in [-0.2, 0) is 18.7 Å². The molecule has 228 valence electrons. The van der Waals surface area contributed by atoms with Gasteiger partial charge in [0.2, 0.25) is 5.91 Å². The van der Waals surface area contributed by atoms with Crippen molar-refractivity contribution in [3.63, 3.8) is 0 Å². The largest absolute Gasteiger partial charge is 0.412 e. The average molecular weight is 617 g/mol. The lowest BCUT2D eigenvalue weighted by Crippen LogP contribution is -2.53. The summed E-state index contributed by atoms with van der Waals surface area (Å²) in [5.74, 6) is 0.0161. The fourth-order valence-electron chi connectivity index (χ4n) is 5.24. The van der Waals surface area contributed by atoms with Gasteiger partial charge in [-0.05, 0) is 86.9 Å². The number of piperidine rings is 1. The lowest BCUT2D eigenvalue weighted by atomic mass is 9.90. The summed E-state index contributed by atoms with van der Waals surface area (Å²) in [6.45, 7) is 17.7. The maximum atomic E-state index is 13.7. The van der Waals surface area contributed by atoms with Crippen molar-refractivity contribution in [2.45, 2.75) is 96.4 Å². The van der Waals surface area contributed by atoms with Gasteiger partial charge in [-0.3, -0.25) is 4.79 Å². The highest BCUT2D eigenvalue weighted by atomic mass is 35.5. The molecule has 1 saturated heterocycles. The van der Waals surface area contributed by atoms with Crippen molar-refractivity contribution in [1.29, 1.82) is 0 Å². The number of halogens is 2. The van der Waals surface area contributed by atoms with Gasteiger partial charge < -0.3 is 29.0 Å². The predicted octanol–water partition coefficient (Wildman–Crippen LogP) is 6.90. The van der Waals surface area contributed by atoms with E-state index in [2.05, 4.69) is 44.1 Å². The minimum Gasteiger partial charge on any atom is -0.412 e. The lowest BCUT2D eigenvalue weighted by Gasteiger charge is -2.46. The van der Waals surface area contributed by atoms with Gasteiger partial charge in [-0.25, -0.2) is 0 Å². The molecule has 1 saturated carbocycles. The van der Waals surface area contributed by atoms with Gasteiger partial charge in [-0.1, -0.05) is 50.9 Å². The van der Waals surface area contributed by atoms with E-state index in [1.165, 1.54) is 19.3 Å². The third-order valence-electron chi connectivity index (χ3n) is 9.24. The van der Waals surface area contributed by atoms with Gasteiger partial charge in [0.1, 0.15) is 6.04 Å². The molecule has 40 heavy (non-hydrogen) atoms. The molecule has 0 radical (unpaired) electrons. The van der Waals surface area contributed by atoms with Crippen LogP contribution in [0.3, 0.4) is 0 Å². The van der Waals surface area contributed by atoms with Gasteiger partial charge in [0.25, 0.3) is 0 Å². The Labute approximate surface area is 253 Å². The predicted molar refractivity (Wildman–Crippen MR) is 168 cm³/mol. The molecule has 0 bridgehead atoms. The first-order valence-electron chi connectivity index (χ1n) is 14.7. The molecule has 1 aliphatic carbocycles. The molecule has 1 N–H and O–H groups in total. The van der Waals surface area contributed by atoms with E-state index in [4.69, 9.17) is 37.1 Å². The summed E-state index contributed by atoms with van der Waals surface area (Å²) in [5.41, 5.74) is 1.16. The number of nitrogens with one attached hydrogen (secondary N) is 1. The van der Waals surface area contributed by atoms with Crippen LogP contribution in [0.5, 0.6) is 0 Å². The molecule has 2 aliphatic rings. The number of anilines is 1. The highest BCUT2D eigenvalue weighted by molar-refractivity contribution is 6.74. The minimum absolute atomic E-state index is 0.0161. The molecule has 3 rings (SSSR count). The Morgan fingerprint density at radius 3 is 2.40 bits per heavy atom. The van der Waals surface area contributed by atoms with Gasteiger partial charge in [0.15, 0.2) is 14.6 Å². The van der Waals surface area contributed by atoms with Crippen LogP contribution in [0.25, 0.3) is 0 Å². The summed E-state index contributed by atoms with van der Waals surface area (Å²) >= 11 is 12.3. The lowest BCUT2D eigenvalue weighted by molar-refractivity contribution is -0.146. The van der Waals surface area contributed by atoms with E-state index in [0.717, 1.165) is 31.7 Å². The summed E-state index contributed by atoms with van der Waals surface area (Å²) in [4.78, 5) is 18.1. The Morgan fingerprint density at radius 1 is 1.18 bits per heavy atom. The van der Waals surface area contributed by atoms with Crippen molar-refractivity contribution in [3.8, 4) is 0 Å². The third kappa shape index (κ3) is 8.59. The van der Waals surface area contributed by atoms with Crippen molar-refractivity contribution in [2.24, 2.45) is 5.41 Å². The van der Waals surface area contributed by atoms with E-state index in [0.29, 0.717) is 41.1 Å². The zero-order valence-corrected chi connectivity index (χ0v) is 28.3. The number of carbonyl (C=O) groups excluding carboxylic acids is 1. The second-order valence-corrected chi connectivity index (χ2v) is 18.6. The van der Waals surface area contributed by atoms with Crippen LogP contribution in [0.2, 0.25) is 28.2 Å². The number of amides is 1. The molecule has 1 spiro atoms. The first-order valence-corrected chi connectivity index (χ1v) is 18.4. The zero-order chi connectivity index (χ0) is 29.7. The van der Waals surface area contributed by atoms with Crippen molar-refractivity contribution in [3.05, 3.63) is 28.2 Å². The maximum absolute atomic E-state index is 13.7. The molecule has 2 atom stereocenters. The van der Waals surface area contributed by atoms with E-state index in [9.17, 15) is 4.79 Å². The van der Waals surface area contributed by atoms with Gasteiger partial charge in [-0.2, -0.15) is 0 Å². The van der Waals surface area contributed by atoms with Crippen LogP contribution < -0.4 is 5.32 Å². The van der Waals surface area contributed by atoms with E-state index >= 15 is 0 Å². The number of rotatable bonds is 14. The Morgan fingerprint density at radius 2 is 1.85 bits per heavy atom. The van der Waals surface area contributed by atoms with Crippen molar-refractivity contribution >= 4 is 43.1 Å². The normalized spacial score (nSPS) is 20.1. The topological polar surface area (TPSA) is 63.3 Å². The van der Waals surface area contributed by atoms with E-state index in [1.54, 1.807) is 26.4 Å². The standard InChI is InChI=1S/C30H51Cl2N3O4Si/c1-9-25(33-22-11-12-23(31)24(32)19-22)28(36)35(21-27(37-5)38-6)17-10-16-34-18-15-30(13-14-30)26(20-34)39-40(7,8)29(2,3)4/h11-12,19,25-27,33H,9-10,13-18,20-21H2,1-8H3. The van der Waals surface area contributed by atoms with Gasteiger partial charge >= 0.3 is 0 Å². The van der Waals surface area contributed by atoms with E-state index < -0.39 is 20.6 Å². The number of benzene rings is 1. The van der Waals surface area contributed by atoms with Crippen molar-refractivity contribution in [1.82, 2.24) is 9.80 Å². The Balaban J connectivity index is 1.63. The van der Waals surface area contributed by atoms with Crippen LogP contribution in [0.4, 0.5) is 5.69 Å². The fraction of sp³-hybridized carbons (Fsp3) is 0.767. The van der Waals surface area contributed by atoms with Crippen LogP contribution >= 0.6 is 23.2 Å². The van der Waals surface area contributed by atoms with E-state index in [1.807, 2.05) is 17.9 Å². The second kappa shape index (κ2) is 14.1. The number of hydrogen-bond donors (Lipinski definition) is 1. The number of ether oxygens (including phenoxy) is 2. The summed E-state index contributed by atoms with van der Waals surface area (Å²) in [7, 11) is 1.36. The molecule has 0 aromatic heterocycles. The maximum Gasteiger partial charge on any atom is 0.245 e. The smallest absolute Gasteiger partial charge is 0.245 e. The number of hydrogen-bond acceptors (Lipinski definition) is 6. The summed E-state index contributed by atoms with van der Waals surface area (Å²) in [6.07, 6.45) is 5.11. The molecule has 2 unspecified atom stereocenters. The second-order valence-electron chi connectivity index (χ2n) is 13.1. The van der Waals surface area contributed by atoms with Crippen LogP contribution in [0.1, 0.15) is 59.8 Å². The quantitative estimate of drug-likeness (QED) is 0.181. The molecule has 10 heteroatoms. The van der Waals surface area contributed by atoms with Crippen molar-refractivity contribution < 1.29 is 18.7 Å². The SMILES string of the molecule is CCC(Nc1ccc(Cl)c(Cl)c1)C(=O)N(CCCN1CCC2(CC2)C(O[Si](C)(C)C(C)(C)C)C1)CC(OC)OC. The molecule has 2 fully saturated rings. The third-order valence-corrected chi connectivity index (χ3v) is 14.5. The first-order chi connectivity index (χ1) is 18.7. The molecule has 1 amide bonds. The first kappa shape index (κ1) is 33.6. The molecule has 1 aromatic carbocycles. The Bertz CT molecular complexity index is 982. The molecule has 1 aromatic rings. The molecular weight excluding hydrogens is 565 g/mol. The molecule has 1 aliphatic heterocycles. The molecule has 7 nitrogen and oxygen atoms in total. The van der Waals surface area contributed by atoms with E-state index in [-0.39, 0.29) is 10.9 Å². The summed E-state index contributed by atoms with van der Waals surface area (Å²) in [6, 6.07) is 4.92.